The number of halogens is 1. The molecule has 0 unspecified atom stereocenters. The van der Waals surface area contributed by atoms with Crippen LogP contribution in [-0.2, 0) is 0 Å². The van der Waals surface area contributed by atoms with E-state index in [9.17, 15) is 10.1 Å². The molecule has 0 saturated heterocycles. The van der Waals surface area contributed by atoms with Gasteiger partial charge in [0.05, 0.1) is 0 Å². The van der Waals surface area contributed by atoms with Crippen molar-refractivity contribution in [3.8, 4) is 0 Å². The lowest BCUT2D eigenvalue weighted by molar-refractivity contribution is -0.480. The molecule has 0 heterocycles. The zero-order valence-corrected chi connectivity index (χ0v) is 7.33. The van der Waals surface area contributed by atoms with Crippen LogP contribution in [0.4, 0.5) is 0 Å². The first-order valence-corrected chi connectivity index (χ1v) is 4.47. The molecule has 54 valence electrons. The minimum Gasteiger partial charge on any atom is -0.265 e. The molecule has 0 saturated carbocycles. The molecule has 0 radical (unpaired) electrons. The lowest BCUT2D eigenvalue weighted by Gasteiger charge is -1.91. The zero-order valence-electron chi connectivity index (χ0n) is 5.18. The standard InChI is InChI=1S/C5H10INO2/c6-4-2-1-3-5-7(8)9/h1-5H2. The Bertz CT molecular complexity index is 87.0. The van der Waals surface area contributed by atoms with Crippen LogP contribution in [0.1, 0.15) is 19.3 Å². The Morgan fingerprint density at radius 3 is 2.44 bits per heavy atom. The lowest BCUT2D eigenvalue weighted by Crippen LogP contribution is -1.99. The van der Waals surface area contributed by atoms with Gasteiger partial charge < -0.3 is 0 Å². The molecule has 0 aromatic heterocycles. The molecular formula is C5H10INO2. The van der Waals surface area contributed by atoms with Crippen molar-refractivity contribution >= 4 is 22.6 Å². The van der Waals surface area contributed by atoms with Gasteiger partial charge in [0, 0.05) is 11.3 Å². The Morgan fingerprint density at radius 1 is 1.33 bits per heavy atom. The first-order chi connectivity index (χ1) is 4.27. The summed E-state index contributed by atoms with van der Waals surface area (Å²) in [5, 5.41) is 9.77. The van der Waals surface area contributed by atoms with Crippen molar-refractivity contribution < 1.29 is 4.92 Å². The fourth-order valence-electron chi connectivity index (χ4n) is 0.512. The van der Waals surface area contributed by atoms with Gasteiger partial charge in [0.25, 0.3) is 0 Å². The Kier molecular flexibility index (Phi) is 6.34. The molecule has 0 atom stereocenters. The summed E-state index contributed by atoms with van der Waals surface area (Å²) in [6.45, 7) is 0.136. The third kappa shape index (κ3) is 8.13. The second kappa shape index (κ2) is 6.25. The van der Waals surface area contributed by atoms with Gasteiger partial charge in [-0.2, -0.15) is 0 Å². The van der Waals surface area contributed by atoms with E-state index in [1.165, 1.54) is 0 Å². The summed E-state index contributed by atoms with van der Waals surface area (Å²) in [4.78, 5) is 9.51. The van der Waals surface area contributed by atoms with Crippen LogP contribution in [0.2, 0.25) is 0 Å². The van der Waals surface area contributed by atoms with Crippen LogP contribution in [-0.4, -0.2) is 15.9 Å². The molecule has 9 heavy (non-hydrogen) atoms. The Balaban J connectivity index is 2.83. The molecule has 0 spiro atoms. The second-order valence-corrected chi connectivity index (χ2v) is 2.88. The molecule has 3 nitrogen and oxygen atoms in total. The van der Waals surface area contributed by atoms with Crippen LogP contribution in [0.15, 0.2) is 0 Å². The van der Waals surface area contributed by atoms with E-state index in [1.54, 1.807) is 0 Å². The van der Waals surface area contributed by atoms with Crippen molar-refractivity contribution in [2.45, 2.75) is 19.3 Å². The molecule has 0 bridgehead atoms. The average Bonchev–Trinajstić information content (AvgIpc) is 1.80. The van der Waals surface area contributed by atoms with Crippen LogP contribution in [0.25, 0.3) is 0 Å². The topological polar surface area (TPSA) is 43.1 Å². The van der Waals surface area contributed by atoms with Gasteiger partial charge >= 0.3 is 0 Å². The monoisotopic (exact) mass is 243 g/mol. The van der Waals surface area contributed by atoms with Crippen molar-refractivity contribution in [1.29, 1.82) is 0 Å². The van der Waals surface area contributed by atoms with Crippen LogP contribution >= 0.6 is 22.6 Å². The minimum absolute atomic E-state index is 0.136. The van der Waals surface area contributed by atoms with Crippen molar-refractivity contribution in [2.75, 3.05) is 11.0 Å². The molecule has 0 amide bonds. The predicted octanol–water partition coefficient (Wildman–Crippen LogP) is 1.87. The van der Waals surface area contributed by atoms with Crippen LogP contribution in [0.3, 0.4) is 0 Å². The van der Waals surface area contributed by atoms with Gasteiger partial charge in [-0.05, 0) is 17.3 Å². The zero-order chi connectivity index (χ0) is 7.11. The molecule has 0 aliphatic carbocycles. The molecular weight excluding hydrogens is 233 g/mol. The van der Waals surface area contributed by atoms with E-state index in [1.807, 2.05) is 0 Å². The van der Waals surface area contributed by atoms with Crippen molar-refractivity contribution in [2.24, 2.45) is 0 Å². The third-order valence-electron chi connectivity index (χ3n) is 0.974. The number of nitrogens with zero attached hydrogens (tertiary/aromatic N) is 1. The number of alkyl halides is 1. The highest BCUT2D eigenvalue weighted by atomic mass is 127. The number of nitro groups is 1. The van der Waals surface area contributed by atoms with Crippen LogP contribution < -0.4 is 0 Å². The molecule has 0 aliphatic rings. The van der Waals surface area contributed by atoms with Gasteiger partial charge in [-0.15, -0.1) is 0 Å². The first-order valence-electron chi connectivity index (χ1n) is 2.95. The van der Waals surface area contributed by atoms with Gasteiger partial charge in [0.15, 0.2) is 0 Å². The van der Waals surface area contributed by atoms with Crippen molar-refractivity contribution in [3.05, 3.63) is 10.1 Å². The quantitative estimate of drug-likeness (QED) is 0.243. The second-order valence-electron chi connectivity index (χ2n) is 1.81. The van der Waals surface area contributed by atoms with Gasteiger partial charge in [0.1, 0.15) is 0 Å². The van der Waals surface area contributed by atoms with E-state index in [4.69, 9.17) is 0 Å². The summed E-state index contributed by atoms with van der Waals surface area (Å²) < 4.78 is 1.11. The van der Waals surface area contributed by atoms with Gasteiger partial charge in [-0.3, -0.25) is 10.1 Å². The molecule has 0 aromatic carbocycles. The smallest absolute Gasteiger partial charge is 0.203 e. The lowest BCUT2D eigenvalue weighted by atomic mass is 10.3. The first kappa shape index (κ1) is 9.13. The summed E-state index contributed by atoms with van der Waals surface area (Å²) in [5.74, 6) is 0. The summed E-state index contributed by atoms with van der Waals surface area (Å²) in [6.07, 6.45) is 2.83. The van der Waals surface area contributed by atoms with E-state index < -0.39 is 0 Å². The summed E-state index contributed by atoms with van der Waals surface area (Å²) in [7, 11) is 0. The maximum absolute atomic E-state index is 9.77. The third-order valence-corrected chi connectivity index (χ3v) is 1.74. The number of rotatable bonds is 5. The highest BCUT2D eigenvalue weighted by molar-refractivity contribution is 14.1. The maximum Gasteiger partial charge on any atom is 0.203 e. The van der Waals surface area contributed by atoms with E-state index in [-0.39, 0.29) is 11.5 Å². The van der Waals surface area contributed by atoms with Crippen LogP contribution in [0.5, 0.6) is 0 Å². The molecule has 0 aliphatic heterocycles. The fraction of sp³-hybridized carbons (Fsp3) is 1.00. The van der Waals surface area contributed by atoms with Gasteiger partial charge in [-0.25, -0.2) is 0 Å². The van der Waals surface area contributed by atoms with E-state index in [2.05, 4.69) is 22.6 Å². The van der Waals surface area contributed by atoms with E-state index in [0.717, 1.165) is 23.7 Å². The number of hydrogen-bond donors (Lipinski definition) is 0. The van der Waals surface area contributed by atoms with Gasteiger partial charge in [-0.1, -0.05) is 22.6 Å². The van der Waals surface area contributed by atoms with E-state index in [0.29, 0.717) is 0 Å². The molecule has 0 N–H and O–H groups in total. The Morgan fingerprint density at radius 2 is 2.00 bits per heavy atom. The normalized spacial score (nSPS) is 9.44. The molecule has 0 aromatic rings. The largest absolute Gasteiger partial charge is 0.265 e. The number of hydrogen-bond acceptors (Lipinski definition) is 2. The maximum atomic E-state index is 9.77. The Labute approximate surface area is 68.1 Å². The minimum atomic E-state index is -0.257. The predicted molar refractivity (Wildman–Crippen MR) is 44.6 cm³/mol. The summed E-state index contributed by atoms with van der Waals surface area (Å²) >= 11 is 2.27. The molecule has 0 fully saturated rings. The summed E-state index contributed by atoms with van der Waals surface area (Å²) in [5.41, 5.74) is 0. The van der Waals surface area contributed by atoms with Crippen molar-refractivity contribution in [1.82, 2.24) is 0 Å². The van der Waals surface area contributed by atoms with Crippen molar-refractivity contribution in [3.63, 3.8) is 0 Å². The highest BCUT2D eigenvalue weighted by Crippen LogP contribution is 1.98. The number of unbranched alkanes of at least 4 members (excludes halogenated alkanes) is 2. The van der Waals surface area contributed by atoms with Gasteiger partial charge in [0.2, 0.25) is 6.54 Å². The average molecular weight is 243 g/mol. The summed E-state index contributed by atoms with van der Waals surface area (Å²) in [6, 6.07) is 0. The molecule has 4 heteroatoms. The Hall–Kier alpha value is 0.130. The highest BCUT2D eigenvalue weighted by Gasteiger charge is 1.94. The van der Waals surface area contributed by atoms with E-state index >= 15 is 0 Å². The SMILES string of the molecule is O=[N+]([O-])CCCCCI. The fourth-order valence-corrected chi connectivity index (χ4v) is 1.05. The van der Waals surface area contributed by atoms with Crippen LogP contribution in [0, 0.1) is 10.1 Å². The molecule has 0 rings (SSSR count).